The second kappa shape index (κ2) is 4.83. The van der Waals surface area contributed by atoms with E-state index in [0.717, 1.165) is 24.8 Å². The molecule has 2 heterocycles. The van der Waals surface area contributed by atoms with Crippen LogP contribution in [0.2, 0.25) is 0 Å². The molecule has 3 fully saturated rings. The van der Waals surface area contributed by atoms with Crippen LogP contribution in [0.5, 0.6) is 0 Å². The van der Waals surface area contributed by atoms with Gasteiger partial charge in [0.25, 0.3) is 0 Å². The molecule has 0 unspecified atom stereocenters. The monoisotopic (exact) mass is 282 g/mol. The number of rotatable bonds is 1. The van der Waals surface area contributed by atoms with Gasteiger partial charge in [-0.15, -0.1) is 0 Å². The summed E-state index contributed by atoms with van der Waals surface area (Å²) in [5, 5.41) is 9.03. The van der Waals surface area contributed by atoms with Crippen LogP contribution in [0, 0.1) is 11.8 Å². The predicted octanol–water partition coefficient (Wildman–Crippen LogP) is 2.31. The first-order valence-electron chi connectivity index (χ1n) is 7.32. The number of carbonyl (C=O) groups excluding carboxylic acids is 1. The van der Waals surface area contributed by atoms with E-state index in [0.29, 0.717) is 6.42 Å². The lowest BCUT2D eigenvalue weighted by Gasteiger charge is -2.24. The van der Waals surface area contributed by atoms with Crippen molar-refractivity contribution in [3.05, 3.63) is 12.2 Å². The summed E-state index contributed by atoms with van der Waals surface area (Å²) in [6, 6.07) is 0. The maximum atomic E-state index is 11.8. The standard InChI is InChI=1S/C15H22O5/c1-8-4-5-10-9(2)14(16)18-12(10)13-15(3,19-13)7-6-11(8)20-17/h9-13,17H,1,4-7H2,2-3H3/t9-,10-,11+,12-,13+,15+/m0/s1. The molecule has 5 heteroatoms. The van der Waals surface area contributed by atoms with E-state index < -0.39 is 0 Å². The SMILES string of the molecule is C=C1CC[C@@H]2[C@H](OC(=O)[C@H]2C)[C@H]2O[C@]2(C)CC[C@H]1OO. The first-order chi connectivity index (χ1) is 9.46. The highest BCUT2D eigenvalue weighted by Gasteiger charge is 2.62. The third-order valence-corrected chi connectivity index (χ3v) is 5.21. The van der Waals surface area contributed by atoms with E-state index in [1.54, 1.807) is 0 Å². The Morgan fingerprint density at radius 3 is 2.90 bits per heavy atom. The van der Waals surface area contributed by atoms with Crippen LogP contribution in [0.15, 0.2) is 12.2 Å². The van der Waals surface area contributed by atoms with Gasteiger partial charge in [-0.2, -0.15) is 0 Å². The summed E-state index contributed by atoms with van der Waals surface area (Å²) in [4.78, 5) is 16.4. The minimum Gasteiger partial charge on any atom is -0.459 e. The first-order valence-corrected chi connectivity index (χ1v) is 7.32. The third-order valence-electron chi connectivity index (χ3n) is 5.21. The molecule has 0 aromatic rings. The summed E-state index contributed by atoms with van der Waals surface area (Å²) in [7, 11) is 0. The summed E-state index contributed by atoms with van der Waals surface area (Å²) in [6.45, 7) is 7.96. The molecular weight excluding hydrogens is 260 g/mol. The highest BCUT2D eigenvalue weighted by molar-refractivity contribution is 5.75. The minimum absolute atomic E-state index is 0.0212. The Hall–Kier alpha value is -0.910. The van der Waals surface area contributed by atoms with Crippen LogP contribution in [0.4, 0.5) is 0 Å². The Kier molecular flexibility index (Phi) is 3.39. The van der Waals surface area contributed by atoms with Gasteiger partial charge in [-0.25, -0.2) is 4.89 Å². The molecule has 0 aromatic carbocycles. The summed E-state index contributed by atoms with van der Waals surface area (Å²) < 4.78 is 11.4. The quantitative estimate of drug-likeness (QED) is 0.263. The Morgan fingerprint density at radius 2 is 2.20 bits per heavy atom. The molecule has 20 heavy (non-hydrogen) atoms. The van der Waals surface area contributed by atoms with Crippen molar-refractivity contribution in [3.8, 4) is 0 Å². The van der Waals surface area contributed by atoms with Crippen LogP contribution in [0.3, 0.4) is 0 Å². The van der Waals surface area contributed by atoms with Crippen molar-refractivity contribution in [1.82, 2.24) is 0 Å². The van der Waals surface area contributed by atoms with Gasteiger partial charge in [0.15, 0.2) is 0 Å². The molecule has 0 radical (unpaired) electrons. The number of fused-ring (bicyclic) bond motifs is 3. The van der Waals surface area contributed by atoms with E-state index in [1.165, 1.54) is 0 Å². The van der Waals surface area contributed by atoms with Crippen LogP contribution in [0.1, 0.15) is 39.5 Å². The maximum absolute atomic E-state index is 11.8. The molecule has 0 aromatic heterocycles. The smallest absolute Gasteiger partial charge is 0.309 e. The largest absolute Gasteiger partial charge is 0.459 e. The molecule has 1 N–H and O–H groups in total. The molecule has 0 spiro atoms. The van der Waals surface area contributed by atoms with Gasteiger partial charge >= 0.3 is 5.97 Å². The van der Waals surface area contributed by atoms with Crippen LogP contribution in [-0.4, -0.2) is 35.1 Å². The zero-order valence-corrected chi connectivity index (χ0v) is 12.0. The lowest BCUT2D eigenvalue weighted by Crippen LogP contribution is -2.31. The van der Waals surface area contributed by atoms with Gasteiger partial charge < -0.3 is 9.47 Å². The average molecular weight is 282 g/mol. The number of hydrogen-bond acceptors (Lipinski definition) is 5. The fourth-order valence-corrected chi connectivity index (χ4v) is 3.62. The first kappa shape index (κ1) is 14.0. The van der Waals surface area contributed by atoms with Gasteiger partial charge in [0.05, 0.1) is 11.5 Å². The van der Waals surface area contributed by atoms with E-state index in [9.17, 15) is 4.79 Å². The van der Waals surface area contributed by atoms with Crippen molar-refractivity contribution in [2.24, 2.45) is 11.8 Å². The van der Waals surface area contributed by atoms with Crippen LogP contribution < -0.4 is 0 Å². The second-order valence-electron chi connectivity index (χ2n) is 6.53. The topological polar surface area (TPSA) is 68.3 Å². The minimum atomic E-state index is -0.346. The van der Waals surface area contributed by atoms with Gasteiger partial charge in [0.1, 0.15) is 18.3 Å². The van der Waals surface area contributed by atoms with Crippen molar-refractivity contribution in [2.75, 3.05) is 0 Å². The molecule has 0 bridgehead atoms. The van der Waals surface area contributed by atoms with Crippen molar-refractivity contribution >= 4 is 5.97 Å². The summed E-state index contributed by atoms with van der Waals surface area (Å²) in [6.07, 6.45) is 2.47. The fourth-order valence-electron chi connectivity index (χ4n) is 3.62. The molecule has 3 rings (SSSR count). The Morgan fingerprint density at radius 1 is 1.45 bits per heavy atom. The van der Waals surface area contributed by atoms with Crippen LogP contribution in [-0.2, 0) is 19.2 Å². The third kappa shape index (κ3) is 2.18. The molecule has 1 saturated carbocycles. The van der Waals surface area contributed by atoms with Gasteiger partial charge in [-0.05, 0) is 38.2 Å². The number of ether oxygens (including phenoxy) is 2. The highest BCUT2D eigenvalue weighted by atomic mass is 17.1. The molecule has 1 aliphatic carbocycles. The van der Waals surface area contributed by atoms with Crippen LogP contribution in [0.25, 0.3) is 0 Å². The summed E-state index contributed by atoms with van der Waals surface area (Å²) in [5.41, 5.74) is 0.599. The zero-order chi connectivity index (χ0) is 14.5. The summed E-state index contributed by atoms with van der Waals surface area (Å²) in [5.74, 6) is -0.0737. The molecule has 0 amide bonds. The molecule has 2 aliphatic heterocycles. The van der Waals surface area contributed by atoms with E-state index in [-0.39, 0.29) is 41.7 Å². The van der Waals surface area contributed by atoms with Crippen molar-refractivity contribution in [2.45, 2.75) is 63.4 Å². The van der Waals surface area contributed by atoms with Crippen molar-refractivity contribution in [1.29, 1.82) is 0 Å². The van der Waals surface area contributed by atoms with E-state index in [1.807, 2.05) is 13.8 Å². The molecule has 2 saturated heterocycles. The number of esters is 1. The average Bonchev–Trinajstić information content (AvgIpc) is 3.00. The number of epoxide rings is 1. The Balaban J connectivity index is 1.82. The lowest BCUT2D eigenvalue weighted by atomic mass is 9.80. The highest BCUT2D eigenvalue weighted by Crippen LogP contribution is 2.50. The number of hydrogen-bond donors (Lipinski definition) is 1. The normalized spacial score (nSPS) is 48.2. The molecule has 112 valence electrons. The Bertz CT molecular complexity index is 434. The second-order valence-corrected chi connectivity index (χ2v) is 6.53. The molecule has 6 atom stereocenters. The zero-order valence-electron chi connectivity index (χ0n) is 12.0. The number of carbonyl (C=O) groups is 1. The van der Waals surface area contributed by atoms with Gasteiger partial charge in [-0.3, -0.25) is 10.1 Å². The van der Waals surface area contributed by atoms with Gasteiger partial charge in [0, 0.05) is 5.92 Å². The van der Waals surface area contributed by atoms with Crippen molar-refractivity contribution < 1.29 is 24.4 Å². The fraction of sp³-hybridized carbons (Fsp3) is 0.800. The Labute approximate surface area is 118 Å². The van der Waals surface area contributed by atoms with Crippen LogP contribution >= 0.6 is 0 Å². The van der Waals surface area contributed by atoms with Crippen molar-refractivity contribution in [3.63, 3.8) is 0 Å². The van der Waals surface area contributed by atoms with Gasteiger partial charge in [0.2, 0.25) is 0 Å². The van der Waals surface area contributed by atoms with E-state index in [2.05, 4.69) is 11.5 Å². The summed E-state index contributed by atoms with van der Waals surface area (Å²) >= 11 is 0. The molecule has 3 aliphatic rings. The molecular formula is C15H22O5. The maximum Gasteiger partial charge on any atom is 0.309 e. The van der Waals surface area contributed by atoms with Gasteiger partial charge in [-0.1, -0.05) is 13.5 Å². The van der Waals surface area contributed by atoms with E-state index >= 15 is 0 Å². The lowest BCUT2D eigenvalue weighted by molar-refractivity contribution is -0.270. The predicted molar refractivity (Wildman–Crippen MR) is 70.9 cm³/mol. The molecule has 5 nitrogen and oxygen atoms in total. The van der Waals surface area contributed by atoms with E-state index in [4.69, 9.17) is 14.7 Å².